The third kappa shape index (κ3) is 3.00. The fourth-order valence-corrected chi connectivity index (χ4v) is 3.49. The molecule has 17 heavy (non-hydrogen) atoms. The van der Waals surface area contributed by atoms with Gasteiger partial charge < -0.3 is 10.2 Å². The summed E-state index contributed by atoms with van der Waals surface area (Å²) in [5, 5.41) is 3.33. The Bertz CT molecular complexity index is 417. The van der Waals surface area contributed by atoms with Gasteiger partial charge in [0.1, 0.15) is 0 Å². The van der Waals surface area contributed by atoms with E-state index in [0.29, 0.717) is 6.54 Å². The number of nitrogens with zero attached hydrogens (tertiary/aromatic N) is 1. The molecule has 5 heteroatoms. The Morgan fingerprint density at radius 3 is 3.12 bits per heavy atom. The van der Waals surface area contributed by atoms with Crippen molar-refractivity contribution >= 4 is 28.8 Å². The van der Waals surface area contributed by atoms with E-state index >= 15 is 0 Å². The van der Waals surface area contributed by atoms with Crippen molar-refractivity contribution in [1.29, 1.82) is 0 Å². The summed E-state index contributed by atoms with van der Waals surface area (Å²) < 4.78 is 0.850. The molecule has 2 rings (SSSR count). The lowest BCUT2D eigenvalue weighted by Gasteiger charge is -2.24. The van der Waals surface area contributed by atoms with Crippen LogP contribution in [0, 0.1) is 0 Å². The molecule has 0 bridgehead atoms. The van der Waals surface area contributed by atoms with Crippen LogP contribution < -0.4 is 5.32 Å². The molecule has 3 nitrogen and oxygen atoms in total. The van der Waals surface area contributed by atoms with Gasteiger partial charge in [0.05, 0.1) is 10.9 Å². The van der Waals surface area contributed by atoms with Crippen LogP contribution >= 0.6 is 22.9 Å². The zero-order valence-corrected chi connectivity index (χ0v) is 11.7. The van der Waals surface area contributed by atoms with Gasteiger partial charge in [0.2, 0.25) is 5.91 Å². The van der Waals surface area contributed by atoms with Crippen LogP contribution in [0.25, 0.3) is 0 Å². The topological polar surface area (TPSA) is 32.3 Å². The highest BCUT2D eigenvalue weighted by atomic mass is 35.5. The second-order valence-electron chi connectivity index (χ2n) is 4.54. The first-order chi connectivity index (χ1) is 8.08. The summed E-state index contributed by atoms with van der Waals surface area (Å²) >= 11 is 7.71. The van der Waals surface area contributed by atoms with E-state index in [0.717, 1.165) is 23.6 Å². The molecule has 1 amide bonds. The summed E-state index contributed by atoms with van der Waals surface area (Å²) in [4.78, 5) is 14.5. The Morgan fingerprint density at radius 1 is 1.65 bits per heavy atom. The first-order valence-electron chi connectivity index (χ1n) is 5.79. The molecule has 0 aliphatic heterocycles. The molecule has 1 N–H and O–H groups in total. The molecular weight excluding hydrogens is 256 g/mol. The molecule has 1 heterocycles. The number of fused-ring (bicyclic) bond motifs is 1. The lowest BCUT2D eigenvalue weighted by molar-refractivity contribution is -0.127. The van der Waals surface area contributed by atoms with E-state index in [1.54, 1.807) is 30.3 Å². The van der Waals surface area contributed by atoms with Gasteiger partial charge in [-0.05, 0) is 30.9 Å². The maximum atomic E-state index is 11.5. The summed E-state index contributed by atoms with van der Waals surface area (Å²) in [5.74, 6) is 0.110. The average molecular weight is 273 g/mol. The second-order valence-corrected chi connectivity index (χ2v) is 6.31. The van der Waals surface area contributed by atoms with Gasteiger partial charge >= 0.3 is 0 Å². The Kier molecular flexibility index (Phi) is 4.07. The third-order valence-corrected chi connectivity index (χ3v) is 4.42. The minimum Gasteiger partial charge on any atom is -0.348 e. The number of carbonyl (C=O) groups is 1. The number of thiophene rings is 1. The molecule has 1 aromatic rings. The number of amides is 1. The number of aryl methyl sites for hydroxylation is 1. The lowest BCUT2D eigenvalue weighted by atomic mass is 9.94. The van der Waals surface area contributed by atoms with E-state index in [1.807, 2.05) is 6.07 Å². The molecular formula is C12H17ClN2OS. The zero-order valence-electron chi connectivity index (χ0n) is 10.1. The van der Waals surface area contributed by atoms with Crippen molar-refractivity contribution in [3.05, 3.63) is 20.8 Å². The molecule has 0 saturated heterocycles. The van der Waals surface area contributed by atoms with Gasteiger partial charge in [0.15, 0.2) is 0 Å². The first kappa shape index (κ1) is 12.9. The quantitative estimate of drug-likeness (QED) is 0.917. The Balaban J connectivity index is 2.01. The van der Waals surface area contributed by atoms with Gasteiger partial charge in [-0.3, -0.25) is 4.79 Å². The lowest BCUT2D eigenvalue weighted by Crippen LogP contribution is -2.35. The molecule has 1 aromatic heterocycles. The monoisotopic (exact) mass is 272 g/mol. The van der Waals surface area contributed by atoms with E-state index in [1.165, 1.54) is 10.4 Å². The van der Waals surface area contributed by atoms with E-state index in [4.69, 9.17) is 11.6 Å². The number of likely N-dealkylation sites (N-methyl/N-ethyl adjacent to an activating group) is 1. The molecule has 1 aliphatic rings. The number of rotatable bonds is 3. The highest BCUT2D eigenvalue weighted by molar-refractivity contribution is 7.16. The van der Waals surface area contributed by atoms with Crippen LogP contribution in [0.15, 0.2) is 6.07 Å². The van der Waals surface area contributed by atoms with Crippen molar-refractivity contribution in [3.63, 3.8) is 0 Å². The maximum absolute atomic E-state index is 11.5. The van der Waals surface area contributed by atoms with Crippen LogP contribution in [0.3, 0.4) is 0 Å². The first-order valence-corrected chi connectivity index (χ1v) is 6.99. The molecule has 1 atom stereocenters. The predicted molar refractivity (Wildman–Crippen MR) is 71.7 cm³/mol. The van der Waals surface area contributed by atoms with Crippen molar-refractivity contribution < 1.29 is 4.79 Å². The van der Waals surface area contributed by atoms with Crippen LogP contribution in [0.5, 0.6) is 0 Å². The van der Waals surface area contributed by atoms with Crippen molar-refractivity contribution in [2.45, 2.75) is 25.3 Å². The van der Waals surface area contributed by atoms with Crippen molar-refractivity contribution in [2.24, 2.45) is 0 Å². The summed E-state index contributed by atoms with van der Waals surface area (Å²) in [6.07, 6.45) is 3.37. The maximum Gasteiger partial charge on any atom is 0.236 e. The average Bonchev–Trinajstić information content (AvgIpc) is 2.66. The van der Waals surface area contributed by atoms with Gasteiger partial charge in [0.25, 0.3) is 0 Å². The minimum absolute atomic E-state index is 0.110. The molecule has 94 valence electrons. The summed E-state index contributed by atoms with van der Waals surface area (Å²) in [6, 6.07) is 2.32. The highest BCUT2D eigenvalue weighted by Gasteiger charge is 2.23. The van der Waals surface area contributed by atoms with Gasteiger partial charge in [0, 0.05) is 25.0 Å². The fraction of sp³-hybridized carbons (Fsp3) is 0.583. The molecule has 0 spiro atoms. The Hall–Kier alpha value is -0.580. The highest BCUT2D eigenvalue weighted by Crippen LogP contribution is 2.37. The van der Waals surface area contributed by atoms with Gasteiger partial charge in [-0.25, -0.2) is 0 Å². The molecule has 0 saturated carbocycles. The zero-order chi connectivity index (χ0) is 12.4. The second kappa shape index (κ2) is 5.38. The van der Waals surface area contributed by atoms with Crippen LogP contribution in [-0.4, -0.2) is 31.4 Å². The molecule has 0 aromatic carbocycles. The SMILES string of the molecule is CN(C)C(=O)CNC1CCCc2sc(Cl)cc21. The summed E-state index contributed by atoms with van der Waals surface area (Å²) in [7, 11) is 3.55. The van der Waals surface area contributed by atoms with Gasteiger partial charge in [-0.2, -0.15) is 0 Å². The number of carbonyl (C=O) groups excluding carboxylic acids is 1. The molecule has 1 unspecified atom stereocenters. The van der Waals surface area contributed by atoms with E-state index in [2.05, 4.69) is 5.32 Å². The number of hydrogen-bond acceptors (Lipinski definition) is 3. The van der Waals surface area contributed by atoms with Gasteiger partial charge in [-0.1, -0.05) is 11.6 Å². The smallest absolute Gasteiger partial charge is 0.236 e. The van der Waals surface area contributed by atoms with E-state index < -0.39 is 0 Å². The molecule has 1 aliphatic carbocycles. The summed E-state index contributed by atoms with van der Waals surface area (Å²) in [6.45, 7) is 0.393. The normalized spacial score (nSPS) is 18.9. The number of halogens is 1. The van der Waals surface area contributed by atoms with E-state index in [9.17, 15) is 4.79 Å². The van der Waals surface area contributed by atoms with Gasteiger partial charge in [-0.15, -0.1) is 11.3 Å². The third-order valence-electron chi connectivity index (χ3n) is 3.08. The predicted octanol–water partition coefficient (Wildman–Crippen LogP) is 2.46. The minimum atomic E-state index is 0.110. The van der Waals surface area contributed by atoms with Crippen molar-refractivity contribution in [2.75, 3.05) is 20.6 Å². The van der Waals surface area contributed by atoms with Crippen LogP contribution in [0.4, 0.5) is 0 Å². The number of nitrogens with one attached hydrogen (secondary N) is 1. The van der Waals surface area contributed by atoms with E-state index in [-0.39, 0.29) is 11.9 Å². The van der Waals surface area contributed by atoms with Crippen molar-refractivity contribution in [1.82, 2.24) is 10.2 Å². The molecule has 0 fully saturated rings. The summed E-state index contributed by atoms with van der Waals surface area (Å²) in [5.41, 5.74) is 1.29. The fourth-order valence-electron chi connectivity index (χ4n) is 2.10. The van der Waals surface area contributed by atoms with Crippen LogP contribution in [0.2, 0.25) is 4.34 Å². The number of hydrogen-bond donors (Lipinski definition) is 1. The van der Waals surface area contributed by atoms with Crippen LogP contribution in [0.1, 0.15) is 29.3 Å². The Labute approximate surface area is 111 Å². The Morgan fingerprint density at radius 2 is 2.41 bits per heavy atom. The van der Waals surface area contributed by atoms with Crippen LogP contribution in [-0.2, 0) is 11.2 Å². The standard InChI is InChI=1S/C12H17ClN2OS/c1-15(2)12(16)7-14-9-4-3-5-10-8(9)6-11(13)17-10/h6,9,14H,3-5,7H2,1-2H3. The molecule has 0 radical (unpaired) electrons. The largest absolute Gasteiger partial charge is 0.348 e. The van der Waals surface area contributed by atoms with Crippen molar-refractivity contribution in [3.8, 4) is 0 Å².